The summed E-state index contributed by atoms with van der Waals surface area (Å²) in [5.41, 5.74) is 4.70. The topological polar surface area (TPSA) is 83.2 Å². The third-order valence-corrected chi connectivity index (χ3v) is 8.21. The molecule has 1 fully saturated rings. The fraction of sp³-hybridized carbons (Fsp3) is 0.480. The molecule has 7 nitrogen and oxygen atoms in total. The Morgan fingerprint density at radius 2 is 2.00 bits per heavy atom. The van der Waals surface area contributed by atoms with Crippen molar-refractivity contribution in [3.63, 3.8) is 0 Å². The zero-order valence-corrected chi connectivity index (χ0v) is 20.0. The summed E-state index contributed by atoms with van der Waals surface area (Å²) in [5, 5.41) is 3.02. The van der Waals surface area contributed by atoms with E-state index in [1.807, 2.05) is 12.1 Å². The van der Waals surface area contributed by atoms with E-state index in [1.54, 1.807) is 6.08 Å². The third kappa shape index (κ3) is 5.79. The van der Waals surface area contributed by atoms with Crippen LogP contribution < -0.4 is 5.32 Å². The summed E-state index contributed by atoms with van der Waals surface area (Å²) in [6.45, 7) is 13.4. The molecule has 1 amide bonds. The average molecular weight is 467 g/mol. The van der Waals surface area contributed by atoms with Crippen LogP contribution in [0.5, 0.6) is 0 Å². The average Bonchev–Trinajstić information content (AvgIpc) is 3.26. The minimum Gasteiger partial charge on any atom is -0.361 e. The first-order valence-corrected chi connectivity index (χ1v) is 13.2. The molecule has 3 aliphatic rings. The number of aliphatic imine (C=N–C) groups is 1. The van der Waals surface area contributed by atoms with Crippen molar-refractivity contribution in [3.8, 4) is 0 Å². The van der Waals surface area contributed by atoms with Crippen LogP contribution in [-0.2, 0) is 21.2 Å². The predicted octanol–water partition coefficient (Wildman–Crippen LogP) is 4.05. The Bertz CT molecular complexity index is 1190. The summed E-state index contributed by atoms with van der Waals surface area (Å²) < 4.78 is 23.5. The Hall–Kier alpha value is -2.76. The Labute approximate surface area is 196 Å². The van der Waals surface area contributed by atoms with Crippen LogP contribution in [0, 0.1) is 12.0 Å². The first-order chi connectivity index (χ1) is 15.6. The number of sulfone groups is 1. The Morgan fingerprint density at radius 1 is 1.24 bits per heavy atom. The summed E-state index contributed by atoms with van der Waals surface area (Å²) in [6, 6.07) is 6.06. The van der Waals surface area contributed by atoms with Gasteiger partial charge in [0.2, 0.25) is 0 Å². The molecule has 174 valence electrons. The van der Waals surface area contributed by atoms with E-state index in [1.165, 1.54) is 5.57 Å². The van der Waals surface area contributed by atoms with Crippen molar-refractivity contribution in [2.24, 2.45) is 10.4 Å². The third-order valence-electron chi connectivity index (χ3n) is 6.60. The lowest BCUT2D eigenvalue weighted by molar-refractivity contribution is -0.110. The Morgan fingerprint density at radius 3 is 2.64 bits per heavy atom. The maximum absolute atomic E-state index is 12.8. The number of hydrogen-bond donors (Lipinski definition) is 1. The standard InChI is InChI=1S/C25H30N4O3S/c1-25(2)10-8-19(9-11-25)20-16-18(17-29-12-14-33(31,32)15-13-29)4-5-21(20)28-24(30)22-6-7-23(26-3)27-22/h4-5,7-8,16H,6,9-15,17H2,1-2H3,(H,28,30). The minimum atomic E-state index is -2.91. The van der Waals surface area contributed by atoms with Gasteiger partial charge in [-0.1, -0.05) is 38.6 Å². The zero-order valence-electron chi connectivity index (χ0n) is 19.2. The van der Waals surface area contributed by atoms with Gasteiger partial charge in [0.25, 0.3) is 11.7 Å². The van der Waals surface area contributed by atoms with Crippen LogP contribution in [0.3, 0.4) is 0 Å². The van der Waals surface area contributed by atoms with Crippen LogP contribution in [0.2, 0.25) is 0 Å². The number of rotatable bonds is 5. The molecule has 1 aromatic carbocycles. The molecule has 1 saturated heterocycles. The highest BCUT2D eigenvalue weighted by molar-refractivity contribution is 7.91. The van der Waals surface area contributed by atoms with Crippen molar-refractivity contribution >= 4 is 32.7 Å². The number of nitrogens with zero attached hydrogens (tertiary/aromatic N) is 3. The summed E-state index contributed by atoms with van der Waals surface area (Å²) in [6.07, 6.45) is 7.30. The van der Waals surface area contributed by atoms with Crippen LogP contribution in [0.1, 0.15) is 50.7 Å². The molecule has 1 aliphatic carbocycles. The van der Waals surface area contributed by atoms with E-state index in [4.69, 9.17) is 6.57 Å². The number of allylic oxidation sites excluding steroid dienone is 3. The Balaban J connectivity index is 1.57. The van der Waals surface area contributed by atoms with Crippen molar-refractivity contribution in [1.82, 2.24) is 4.90 Å². The molecule has 0 unspecified atom stereocenters. The lowest BCUT2D eigenvalue weighted by Gasteiger charge is -2.30. The monoisotopic (exact) mass is 466 g/mol. The van der Waals surface area contributed by atoms with Gasteiger partial charge in [-0.05, 0) is 47.9 Å². The van der Waals surface area contributed by atoms with Crippen LogP contribution in [0.4, 0.5) is 5.69 Å². The highest BCUT2D eigenvalue weighted by atomic mass is 32.2. The maximum atomic E-state index is 12.8. The summed E-state index contributed by atoms with van der Waals surface area (Å²) in [5.74, 6) is 0.391. The molecule has 4 rings (SSSR count). The first-order valence-electron chi connectivity index (χ1n) is 11.4. The number of carbonyl (C=O) groups is 1. The predicted molar refractivity (Wildman–Crippen MR) is 131 cm³/mol. The van der Waals surface area contributed by atoms with Gasteiger partial charge in [0.1, 0.15) is 0 Å². The van der Waals surface area contributed by atoms with E-state index in [2.05, 4.69) is 46.0 Å². The molecule has 2 aliphatic heterocycles. The van der Waals surface area contributed by atoms with E-state index in [9.17, 15) is 13.2 Å². The van der Waals surface area contributed by atoms with Crippen molar-refractivity contribution in [2.75, 3.05) is 29.9 Å². The van der Waals surface area contributed by atoms with Gasteiger partial charge in [0, 0.05) is 37.3 Å². The lowest BCUT2D eigenvalue weighted by Crippen LogP contribution is -2.39. The normalized spacial score (nSPS) is 22.0. The van der Waals surface area contributed by atoms with Crippen molar-refractivity contribution in [2.45, 2.75) is 46.1 Å². The molecule has 0 aromatic heterocycles. The highest BCUT2D eigenvalue weighted by Gasteiger charge is 2.26. The maximum Gasteiger partial charge on any atom is 0.293 e. The molecule has 1 N–H and O–H groups in total. The molecule has 0 spiro atoms. The largest absolute Gasteiger partial charge is 0.361 e. The van der Waals surface area contributed by atoms with Gasteiger partial charge >= 0.3 is 0 Å². The van der Waals surface area contributed by atoms with Gasteiger partial charge in [0.05, 0.1) is 11.5 Å². The van der Waals surface area contributed by atoms with E-state index in [0.717, 1.165) is 36.1 Å². The van der Waals surface area contributed by atoms with E-state index in [-0.39, 0.29) is 28.6 Å². The van der Waals surface area contributed by atoms with Gasteiger partial charge < -0.3 is 10.2 Å². The van der Waals surface area contributed by atoms with Crippen molar-refractivity contribution < 1.29 is 13.2 Å². The molecule has 0 radical (unpaired) electrons. The van der Waals surface area contributed by atoms with Crippen LogP contribution in [-0.4, -0.2) is 49.5 Å². The number of anilines is 1. The smallest absolute Gasteiger partial charge is 0.293 e. The van der Waals surface area contributed by atoms with E-state index in [0.29, 0.717) is 31.8 Å². The lowest BCUT2D eigenvalue weighted by atomic mass is 9.76. The second kappa shape index (κ2) is 9.24. The molecule has 0 bridgehead atoms. The molecule has 0 saturated carbocycles. The highest BCUT2D eigenvalue weighted by Crippen LogP contribution is 2.40. The molecule has 33 heavy (non-hydrogen) atoms. The van der Waals surface area contributed by atoms with Crippen LogP contribution >= 0.6 is 0 Å². The SMILES string of the molecule is [C-]#[N+]C1=CCC(C(=O)Nc2ccc(CN3CCS(=O)(=O)CC3)cc2C2=CCC(C)(C)CC2)=N1. The molecular weight excluding hydrogens is 436 g/mol. The molecule has 2 heterocycles. The van der Waals surface area contributed by atoms with E-state index >= 15 is 0 Å². The Kier molecular flexibility index (Phi) is 6.55. The second-order valence-corrected chi connectivity index (χ2v) is 12.1. The van der Waals surface area contributed by atoms with Gasteiger partial charge in [-0.3, -0.25) is 9.69 Å². The minimum absolute atomic E-state index is 0.205. The number of hydrogen-bond acceptors (Lipinski definition) is 5. The van der Waals surface area contributed by atoms with Gasteiger partial charge in [-0.15, -0.1) is 4.99 Å². The number of amides is 1. The fourth-order valence-corrected chi connectivity index (χ4v) is 5.66. The van der Waals surface area contributed by atoms with Gasteiger partial charge in [0.15, 0.2) is 15.5 Å². The summed E-state index contributed by atoms with van der Waals surface area (Å²) in [7, 11) is -2.91. The molecule has 8 heteroatoms. The molecule has 1 aromatic rings. The first kappa shape index (κ1) is 23.4. The quantitative estimate of drug-likeness (QED) is 0.664. The van der Waals surface area contributed by atoms with Crippen molar-refractivity contribution in [3.05, 3.63) is 58.7 Å². The fourth-order valence-electron chi connectivity index (χ4n) is 4.38. The summed E-state index contributed by atoms with van der Waals surface area (Å²) in [4.78, 5) is 22.4. The number of carbonyl (C=O) groups excluding carboxylic acids is 1. The van der Waals surface area contributed by atoms with Crippen LogP contribution in [0.25, 0.3) is 10.4 Å². The van der Waals surface area contributed by atoms with Crippen LogP contribution in [0.15, 0.2) is 41.2 Å². The molecular formula is C25H30N4O3S. The van der Waals surface area contributed by atoms with Gasteiger partial charge in [-0.25, -0.2) is 8.42 Å². The number of benzene rings is 1. The second-order valence-electron chi connectivity index (χ2n) is 9.80. The summed E-state index contributed by atoms with van der Waals surface area (Å²) >= 11 is 0. The van der Waals surface area contributed by atoms with Crippen molar-refractivity contribution in [1.29, 1.82) is 0 Å². The number of nitrogens with one attached hydrogen (secondary N) is 1. The molecule has 0 atom stereocenters. The van der Waals surface area contributed by atoms with E-state index < -0.39 is 9.84 Å². The zero-order chi connectivity index (χ0) is 23.6. The van der Waals surface area contributed by atoms with Gasteiger partial charge in [-0.2, -0.15) is 0 Å².